The molecule has 1 aromatic rings. The van der Waals surface area contributed by atoms with Gasteiger partial charge in [0.15, 0.2) is 0 Å². The van der Waals surface area contributed by atoms with Crippen molar-refractivity contribution in [1.29, 1.82) is 0 Å². The Morgan fingerprint density at radius 1 is 1.40 bits per heavy atom. The SMILES string of the molecule is CC(C)C1c2nn(C)c(N)c2CCN1C. The first kappa shape index (κ1) is 10.5. The van der Waals surface area contributed by atoms with Gasteiger partial charge in [-0.2, -0.15) is 5.10 Å². The predicted octanol–water partition coefficient (Wildman–Crippen LogP) is 1.19. The van der Waals surface area contributed by atoms with Crippen LogP contribution in [0.2, 0.25) is 0 Å². The maximum Gasteiger partial charge on any atom is 0.124 e. The van der Waals surface area contributed by atoms with Crippen LogP contribution in [-0.4, -0.2) is 28.3 Å². The highest BCUT2D eigenvalue weighted by molar-refractivity contribution is 5.46. The van der Waals surface area contributed by atoms with Crippen LogP contribution in [0.25, 0.3) is 0 Å². The summed E-state index contributed by atoms with van der Waals surface area (Å²) >= 11 is 0. The van der Waals surface area contributed by atoms with Crippen molar-refractivity contribution in [3.05, 3.63) is 11.3 Å². The Morgan fingerprint density at radius 3 is 2.67 bits per heavy atom. The van der Waals surface area contributed by atoms with Gasteiger partial charge in [0.2, 0.25) is 0 Å². The molecule has 0 fully saturated rings. The number of hydrogen-bond donors (Lipinski definition) is 1. The van der Waals surface area contributed by atoms with Gasteiger partial charge in [-0.1, -0.05) is 13.8 Å². The molecule has 84 valence electrons. The molecule has 0 radical (unpaired) electrons. The quantitative estimate of drug-likeness (QED) is 0.754. The van der Waals surface area contributed by atoms with E-state index in [9.17, 15) is 0 Å². The van der Waals surface area contributed by atoms with Crippen LogP contribution >= 0.6 is 0 Å². The van der Waals surface area contributed by atoms with Gasteiger partial charge in [-0.25, -0.2) is 0 Å². The molecule has 1 aliphatic heterocycles. The van der Waals surface area contributed by atoms with E-state index in [2.05, 4.69) is 30.9 Å². The number of fused-ring (bicyclic) bond motifs is 1. The molecule has 0 spiro atoms. The highest BCUT2D eigenvalue weighted by Crippen LogP contribution is 2.35. The fraction of sp³-hybridized carbons (Fsp3) is 0.727. The van der Waals surface area contributed by atoms with Gasteiger partial charge in [-0.05, 0) is 19.4 Å². The normalized spacial score (nSPS) is 22.1. The summed E-state index contributed by atoms with van der Waals surface area (Å²) in [6.45, 7) is 5.55. The van der Waals surface area contributed by atoms with E-state index < -0.39 is 0 Å². The molecular weight excluding hydrogens is 188 g/mol. The molecule has 0 saturated carbocycles. The third-order valence-electron chi connectivity index (χ3n) is 3.33. The van der Waals surface area contributed by atoms with E-state index in [4.69, 9.17) is 5.73 Å². The fourth-order valence-corrected chi connectivity index (χ4v) is 2.56. The molecule has 1 aliphatic rings. The molecule has 0 saturated heterocycles. The van der Waals surface area contributed by atoms with Gasteiger partial charge < -0.3 is 5.73 Å². The summed E-state index contributed by atoms with van der Waals surface area (Å²) in [5.41, 5.74) is 8.45. The van der Waals surface area contributed by atoms with E-state index in [-0.39, 0.29) is 0 Å². The molecule has 2 N–H and O–H groups in total. The summed E-state index contributed by atoms with van der Waals surface area (Å²) in [5, 5.41) is 4.55. The molecule has 0 aromatic carbocycles. The maximum absolute atomic E-state index is 6.01. The molecule has 1 unspecified atom stereocenters. The Balaban J connectivity index is 2.48. The standard InChI is InChI=1S/C11H20N4/c1-7(2)10-9-8(5-6-14(10)3)11(12)15(4)13-9/h7,10H,5-6,12H2,1-4H3. The van der Waals surface area contributed by atoms with E-state index in [1.807, 2.05) is 7.05 Å². The lowest BCUT2D eigenvalue weighted by atomic mass is 9.92. The van der Waals surface area contributed by atoms with E-state index in [1.165, 1.54) is 11.3 Å². The Labute approximate surface area is 91.1 Å². The van der Waals surface area contributed by atoms with Crippen molar-refractivity contribution in [1.82, 2.24) is 14.7 Å². The summed E-state index contributed by atoms with van der Waals surface area (Å²) in [6.07, 6.45) is 1.02. The number of rotatable bonds is 1. The Hall–Kier alpha value is -1.03. The topological polar surface area (TPSA) is 47.1 Å². The van der Waals surface area contributed by atoms with Crippen molar-refractivity contribution >= 4 is 5.82 Å². The van der Waals surface area contributed by atoms with Crippen molar-refractivity contribution in [2.75, 3.05) is 19.3 Å². The average molecular weight is 208 g/mol. The van der Waals surface area contributed by atoms with Crippen molar-refractivity contribution in [2.24, 2.45) is 13.0 Å². The Morgan fingerprint density at radius 2 is 2.07 bits per heavy atom. The smallest absolute Gasteiger partial charge is 0.124 e. The lowest BCUT2D eigenvalue weighted by Gasteiger charge is -2.34. The Bertz CT molecular complexity index is 367. The van der Waals surface area contributed by atoms with Crippen LogP contribution in [0.3, 0.4) is 0 Å². The first-order valence-corrected chi connectivity index (χ1v) is 5.54. The number of aryl methyl sites for hydroxylation is 1. The van der Waals surface area contributed by atoms with Gasteiger partial charge in [0.25, 0.3) is 0 Å². The number of nitrogens with zero attached hydrogens (tertiary/aromatic N) is 3. The average Bonchev–Trinajstić information content (AvgIpc) is 2.42. The second kappa shape index (κ2) is 3.52. The molecule has 0 bridgehead atoms. The van der Waals surface area contributed by atoms with Crippen molar-refractivity contribution in [3.8, 4) is 0 Å². The number of aromatic nitrogens is 2. The lowest BCUT2D eigenvalue weighted by molar-refractivity contribution is 0.177. The number of nitrogen functional groups attached to an aromatic ring is 1. The maximum atomic E-state index is 6.01. The largest absolute Gasteiger partial charge is 0.384 e. The molecule has 1 atom stereocenters. The van der Waals surface area contributed by atoms with Gasteiger partial charge in [0.05, 0.1) is 11.7 Å². The van der Waals surface area contributed by atoms with Gasteiger partial charge in [0.1, 0.15) is 5.82 Å². The number of nitrogens with two attached hydrogens (primary N) is 1. The minimum absolute atomic E-state index is 0.414. The summed E-state index contributed by atoms with van der Waals surface area (Å²) in [6, 6.07) is 0.414. The van der Waals surface area contributed by atoms with E-state index in [0.29, 0.717) is 12.0 Å². The van der Waals surface area contributed by atoms with Crippen molar-refractivity contribution < 1.29 is 0 Å². The summed E-state index contributed by atoms with van der Waals surface area (Å²) in [5.74, 6) is 1.41. The highest BCUT2D eigenvalue weighted by Gasteiger charge is 2.31. The summed E-state index contributed by atoms with van der Waals surface area (Å²) in [7, 11) is 4.09. The monoisotopic (exact) mass is 208 g/mol. The second-order valence-corrected chi connectivity index (χ2v) is 4.79. The van der Waals surface area contributed by atoms with Crippen LogP contribution in [0.15, 0.2) is 0 Å². The predicted molar refractivity (Wildman–Crippen MR) is 61.5 cm³/mol. The van der Waals surface area contributed by atoms with Gasteiger partial charge in [0, 0.05) is 19.2 Å². The molecule has 0 amide bonds. The summed E-state index contributed by atoms with van der Waals surface area (Å²) < 4.78 is 1.80. The summed E-state index contributed by atoms with van der Waals surface area (Å²) in [4.78, 5) is 2.37. The number of anilines is 1. The molecule has 0 aliphatic carbocycles. The van der Waals surface area contributed by atoms with Crippen LogP contribution in [0.1, 0.15) is 31.1 Å². The third kappa shape index (κ3) is 1.53. The van der Waals surface area contributed by atoms with Gasteiger partial charge >= 0.3 is 0 Å². The first-order chi connectivity index (χ1) is 7.02. The molecule has 4 nitrogen and oxygen atoms in total. The van der Waals surface area contributed by atoms with Gasteiger partial charge in [-0.3, -0.25) is 9.58 Å². The third-order valence-corrected chi connectivity index (χ3v) is 3.33. The van der Waals surface area contributed by atoms with Crippen LogP contribution in [0.4, 0.5) is 5.82 Å². The number of hydrogen-bond acceptors (Lipinski definition) is 3. The van der Waals surface area contributed by atoms with E-state index in [0.717, 1.165) is 18.8 Å². The lowest BCUT2D eigenvalue weighted by Crippen LogP contribution is -2.35. The van der Waals surface area contributed by atoms with Crippen LogP contribution < -0.4 is 5.73 Å². The zero-order valence-electron chi connectivity index (χ0n) is 9.99. The first-order valence-electron chi connectivity index (χ1n) is 5.54. The minimum atomic E-state index is 0.414. The number of likely N-dealkylation sites (N-methyl/N-ethyl adjacent to an activating group) is 1. The molecule has 2 heterocycles. The van der Waals surface area contributed by atoms with E-state index >= 15 is 0 Å². The van der Waals surface area contributed by atoms with Crippen LogP contribution in [-0.2, 0) is 13.5 Å². The minimum Gasteiger partial charge on any atom is -0.384 e. The molecule has 2 rings (SSSR count). The van der Waals surface area contributed by atoms with Gasteiger partial charge in [-0.15, -0.1) is 0 Å². The van der Waals surface area contributed by atoms with Crippen LogP contribution in [0, 0.1) is 5.92 Å². The Kier molecular flexibility index (Phi) is 2.46. The van der Waals surface area contributed by atoms with E-state index in [1.54, 1.807) is 4.68 Å². The van der Waals surface area contributed by atoms with Crippen molar-refractivity contribution in [2.45, 2.75) is 26.3 Å². The molecule has 4 heteroatoms. The molecular formula is C11H20N4. The zero-order chi connectivity index (χ0) is 11.2. The highest BCUT2D eigenvalue weighted by atomic mass is 15.3. The zero-order valence-corrected chi connectivity index (χ0v) is 9.99. The molecule has 1 aromatic heterocycles. The van der Waals surface area contributed by atoms with Crippen LogP contribution in [0.5, 0.6) is 0 Å². The molecule has 15 heavy (non-hydrogen) atoms. The fourth-order valence-electron chi connectivity index (χ4n) is 2.56. The van der Waals surface area contributed by atoms with Crippen molar-refractivity contribution in [3.63, 3.8) is 0 Å². The second-order valence-electron chi connectivity index (χ2n) is 4.79.